The van der Waals surface area contributed by atoms with E-state index in [0.717, 1.165) is 5.17 Å². The zero-order valence-electron chi connectivity index (χ0n) is 8.99. The topological polar surface area (TPSA) is 65.3 Å². The van der Waals surface area contributed by atoms with Crippen LogP contribution in [0, 0.1) is 0 Å². The number of nitrogens with zero attached hydrogens (tertiary/aromatic N) is 2. The molecule has 1 fully saturated rings. The Labute approximate surface area is 93.1 Å². The molecule has 6 heteroatoms. The first kappa shape index (κ1) is 11.2. The molecule has 15 heavy (non-hydrogen) atoms. The molecular formula is C9H16N2O3S. The average Bonchev–Trinajstić information content (AvgIpc) is 2.58. The second-order valence-corrected chi connectivity index (χ2v) is 5.17. The maximum Gasteiger partial charge on any atom is 0.161 e. The summed E-state index contributed by atoms with van der Waals surface area (Å²) in [7, 11) is 3.80. The molecule has 0 radical (unpaired) electrons. The summed E-state index contributed by atoms with van der Waals surface area (Å²) in [4.78, 5) is 6.23. The molecule has 2 N–H and O–H groups in total. The van der Waals surface area contributed by atoms with Crippen molar-refractivity contribution < 1.29 is 14.9 Å². The van der Waals surface area contributed by atoms with Gasteiger partial charge in [-0.2, -0.15) is 0 Å². The fourth-order valence-electron chi connectivity index (χ4n) is 1.73. The molecule has 0 aromatic carbocycles. The zero-order valence-corrected chi connectivity index (χ0v) is 9.81. The monoisotopic (exact) mass is 232 g/mol. The van der Waals surface area contributed by atoms with Gasteiger partial charge in [0.2, 0.25) is 0 Å². The van der Waals surface area contributed by atoms with Crippen LogP contribution < -0.4 is 0 Å². The summed E-state index contributed by atoms with van der Waals surface area (Å²) in [5.41, 5.74) is -0.171. The van der Waals surface area contributed by atoms with E-state index in [-0.39, 0.29) is 17.6 Å². The molecule has 86 valence electrons. The molecule has 0 aromatic rings. The normalized spacial score (nSPS) is 44.9. The molecule has 0 aliphatic carbocycles. The highest BCUT2D eigenvalue weighted by molar-refractivity contribution is 8.14. The van der Waals surface area contributed by atoms with Crippen LogP contribution in [0.2, 0.25) is 0 Å². The zero-order chi connectivity index (χ0) is 11.2. The van der Waals surface area contributed by atoms with E-state index < -0.39 is 12.2 Å². The summed E-state index contributed by atoms with van der Waals surface area (Å²) in [6.45, 7) is 1.76. The van der Waals surface area contributed by atoms with Crippen LogP contribution in [0.1, 0.15) is 6.92 Å². The van der Waals surface area contributed by atoms with E-state index in [0.29, 0.717) is 0 Å². The number of rotatable bonds is 0. The van der Waals surface area contributed by atoms with Crippen molar-refractivity contribution in [1.82, 2.24) is 4.90 Å². The molecule has 0 bridgehead atoms. The molecule has 2 heterocycles. The van der Waals surface area contributed by atoms with E-state index in [1.54, 1.807) is 6.92 Å². The summed E-state index contributed by atoms with van der Waals surface area (Å²) in [5, 5.41) is 20.3. The first-order chi connectivity index (χ1) is 7.00. The number of hydrogen-bond donors (Lipinski definition) is 2. The molecule has 0 aromatic heterocycles. The second-order valence-electron chi connectivity index (χ2n) is 4.11. The SMILES string of the molecule is CC1O[C@@H]2SC(N(C)C)=N[C@@H]2[C@@H](O)[C@@H]1O. The number of thioether (sulfide) groups is 1. The number of fused-ring (bicyclic) bond motifs is 1. The predicted molar refractivity (Wildman–Crippen MR) is 58.8 cm³/mol. The Kier molecular flexibility index (Phi) is 2.94. The number of amidine groups is 1. The Bertz CT molecular complexity index is 285. The third-order valence-corrected chi connectivity index (χ3v) is 3.98. The fraction of sp³-hybridized carbons (Fsp3) is 0.889. The van der Waals surface area contributed by atoms with E-state index in [1.165, 1.54) is 11.8 Å². The van der Waals surface area contributed by atoms with Crippen molar-refractivity contribution in [2.24, 2.45) is 4.99 Å². The molecular weight excluding hydrogens is 216 g/mol. The molecule has 5 atom stereocenters. The lowest BCUT2D eigenvalue weighted by atomic mass is 9.99. The van der Waals surface area contributed by atoms with E-state index in [1.807, 2.05) is 19.0 Å². The first-order valence-corrected chi connectivity index (χ1v) is 5.82. The third-order valence-electron chi connectivity index (χ3n) is 2.67. The Morgan fingerprint density at radius 3 is 2.60 bits per heavy atom. The number of hydrogen-bond acceptors (Lipinski definition) is 6. The maximum absolute atomic E-state index is 9.85. The minimum absolute atomic E-state index is 0.171. The summed E-state index contributed by atoms with van der Waals surface area (Å²) in [5.74, 6) is 0. The van der Waals surface area contributed by atoms with Crippen molar-refractivity contribution in [3.8, 4) is 0 Å². The summed E-state index contributed by atoms with van der Waals surface area (Å²) < 4.78 is 5.58. The molecule has 2 rings (SSSR count). The molecule has 1 saturated heterocycles. The van der Waals surface area contributed by atoms with Gasteiger partial charge < -0.3 is 19.8 Å². The van der Waals surface area contributed by atoms with Gasteiger partial charge in [0.25, 0.3) is 0 Å². The molecule has 2 aliphatic heterocycles. The molecule has 0 amide bonds. The average molecular weight is 232 g/mol. The van der Waals surface area contributed by atoms with E-state index >= 15 is 0 Å². The van der Waals surface area contributed by atoms with Crippen molar-refractivity contribution in [1.29, 1.82) is 0 Å². The summed E-state index contributed by atoms with van der Waals surface area (Å²) in [6.07, 6.45) is -2.02. The van der Waals surface area contributed by atoms with Gasteiger partial charge >= 0.3 is 0 Å². The van der Waals surface area contributed by atoms with Gasteiger partial charge in [-0.15, -0.1) is 0 Å². The van der Waals surface area contributed by atoms with Gasteiger partial charge in [-0.1, -0.05) is 11.8 Å². The van der Waals surface area contributed by atoms with Crippen molar-refractivity contribution in [3.05, 3.63) is 0 Å². The van der Waals surface area contributed by atoms with Crippen LogP contribution >= 0.6 is 11.8 Å². The Balaban J connectivity index is 2.15. The van der Waals surface area contributed by atoms with Gasteiger partial charge in [0.15, 0.2) is 5.17 Å². The second kappa shape index (κ2) is 3.93. The van der Waals surface area contributed by atoms with Gasteiger partial charge in [0.1, 0.15) is 23.7 Å². The van der Waals surface area contributed by atoms with Crippen LogP contribution in [0.4, 0.5) is 0 Å². The highest BCUT2D eigenvalue weighted by Crippen LogP contribution is 2.36. The number of aliphatic imine (C=N–C) groups is 1. The highest BCUT2D eigenvalue weighted by Gasteiger charge is 2.46. The molecule has 0 saturated carbocycles. The summed E-state index contributed by atoms with van der Waals surface area (Å²) >= 11 is 1.49. The van der Waals surface area contributed by atoms with Gasteiger partial charge in [-0.25, -0.2) is 0 Å². The molecule has 2 aliphatic rings. The van der Waals surface area contributed by atoms with Crippen LogP contribution in [-0.2, 0) is 4.74 Å². The largest absolute Gasteiger partial charge is 0.388 e. The van der Waals surface area contributed by atoms with Gasteiger partial charge in [0, 0.05) is 14.1 Å². The minimum Gasteiger partial charge on any atom is -0.388 e. The van der Waals surface area contributed by atoms with Crippen LogP contribution in [0.15, 0.2) is 4.99 Å². The summed E-state index contributed by atoms with van der Waals surface area (Å²) in [6, 6.07) is -0.349. The quantitative estimate of drug-likeness (QED) is 0.589. The Morgan fingerprint density at radius 2 is 2.00 bits per heavy atom. The molecule has 1 unspecified atom stereocenters. The lowest BCUT2D eigenvalue weighted by molar-refractivity contribution is -0.145. The molecule has 0 spiro atoms. The van der Waals surface area contributed by atoms with E-state index in [2.05, 4.69) is 4.99 Å². The molecule has 5 nitrogen and oxygen atoms in total. The standard InChI is InChI=1S/C9H16N2O3S/c1-4-6(12)7(13)5-8(14-4)15-9(10-5)11(2)3/h4-8,12-13H,1-3H3/t4?,5-,6-,7-,8-/m1/s1. The maximum atomic E-state index is 9.85. The van der Waals surface area contributed by atoms with Crippen molar-refractivity contribution in [3.63, 3.8) is 0 Å². The van der Waals surface area contributed by atoms with Crippen LogP contribution in [0.25, 0.3) is 0 Å². The number of aliphatic hydroxyl groups excluding tert-OH is 2. The van der Waals surface area contributed by atoms with E-state index in [4.69, 9.17) is 4.74 Å². The first-order valence-electron chi connectivity index (χ1n) is 4.94. The lowest BCUT2D eigenvalue weighted by Gasteiger charge is -2.36. The van der Waals surface area contributed by atoms with Crippen LogP contribution in [-0.4, -0.2) is 64.2 Å². The third kappa shape index (κ3) is 1.87. The predicted octanol–water partition coefficient (Wildman–Crippen LogP) is -0.514. The number of ether oxygens (including phenoxy) is 1. The fourth-order valence-corrected chi connectivity index (χ4v) is 2.92. The highest BCUT2D eigenvalue weighted by atomic mass is 32.2. The van der Waals surface area contributed by atoms with Crippen molar-refractivity contribution in [2.45, 2.75) is 36.7 Å². The smallest absolute Gasteiger partial charge is 0.161 e. The Hall–Kier alpha value is -0.300. The van der Waals surface area contributed by atoms with Gasteiger partial charge in [0.05, 0.1) is 6.10 Å². The van der Waals surface area contributed by atoms with Crippen molar-refractivity contribution in [2.75, 3.05) is 14.1 Å². The lowest BCUT2D eigenvalue weighted by Crippen LogP contribution is -2.53. The van der Waals surface area contributed by atoms with Crippen LogP contribution in [0.3, 0.4) is 0 Å². The van der Waals surface area contributed by atoms with Crippen molar-refractivity contribution >= 4 is 16.9 Å². The van der Waals surface area contributed by atoms with Crippen LogP contribution in [0.5, 0.6) is 0 Å². The Morgan fingerprint density at radius 1 is 1.33 bits per heavy atom. The number of aliphatic hydroxyl groups is 2. The minimum atomic E-state index is -0.850. The van der Waals surface area contributed by atoms with Gasteiger partial charge in [-0.05, 0) is 6.92 Å². The van der Waals surface area contributed by atoms with Gasteiger partial charge in [-0.3, -0.25) is 4.99 Å². The van der Waals surface area contributed by atoms with E-state index in [9.17, 15) is 10.2 Å².